The van der Waals surface area contributed by atoms with Crippen LogP contribution in [0.5, 0.6) is 0 Å². The second kappa shape index (κ2) is 9.17. The molecule has 1 saturated heterocycles. The highest BCUT2D eigenvalue weighted by Crippen LogP contribution is 2.17. The summed E-state index contributed by atoms with van der Waals surface area (Å²) in [4.78, 5) is 24.1. The fourth-order valence-electron chi connectivity index (χ4n) is 2.80. The molecule has 2 aromatic rings. The maximum Gasteiger partial charge on any atom is 0.313 e. The van der Waals surface area contributed by atoms with Crippen LogP contribution in [0, 0.1) is 6.92 Å². The molecule has 0 unspecified atom stereocenters. The van der Waals surface area contributed by atoms with E-state index in [-0.39, 0.29) is 11.4 Å². The van der Waals surface area contributed by atoms with E-state index in [2.05, 4.69) is 10.6 Å². The molecule has 3 rings (SSSR count). The Balaban J connectivity index is 1.54. The average Bonchev–Trinajstić information content (AvgIpc) is 2.74. The maximum atomic E-state index is 12.6. The normalized spacial score (nSPS) is 14.9. The van der Waals surface area contributed by atoms with Gasteiger partial charge in [-0.15, -0.1) is 0 Å². The van der Waals surface area contributed by atoms with Gasteiger partial charge in [0, 0.05) is 25.3 Å². The molecule has 0 aliphatic carbocycles. The van der Waals surface area contributed by atoms with Gasteiger partial charge in [0.2, 0.25) is 10.0 Å². The van der Waals surface area contributed by atoms with Gasteiger partial charge in [0.15, 0.2) is 0 Å². The molecule has 0 radical (unpaired) electrons. The van der Waals surface area contributed by atoms with E-state index in [1.54, 1.807) is 24.3 Å². The second-order valence-corrected chi connectivity index (χ2v) is 8.60. The van der Waals surface area contributed by atoms with Crippen molar-refractivity contribution in [3.8, 4) is 0 Å². The Morgan fingerprint density at radius 2 is 1.59 bits per heavy atom. The molecule has 0 spiro atoms. The fraction of sp³-hybridized carbons (Fsp3) is 0.300. The molecule has 2 amide bonds. The highest BCUT2D eigenvalue weighted by Gasteiger charge is 2.26. The van der Waals surface area contributed by atoms with Crippen molar-refractivity contribution < 1.29 is 22.7 Å². The number of hydrogen-bond donors (Lipinski definition) is 2. The largest absolute Gasteiger partial charge is 0.379 e. The van der Waals surface area contributed by atoms with Crippen LogP contribution in [0.25, 0.3) is 0 Å². The highest BCUT2D eigenvalue weighted by atomic mass is 32.2. The number of hydrogen-bond acceptors (Lipinski definition) is 5. The lowest BCUT2D eigenvalue weighted by Gasteiger charge is -2.26. The van der Waals surface area contributed by atoms with Crippen molar-refractivity contribution in [2.75, 3.05) is 31.6 Å². The third-order valence-corrected chi connectivity index (χ3v) is 6.41. The van der Waals surface area contributed by atoms with Crippen LogP contribution in [0.4, 0.5) is 5.69 Å². The Morgan fingerprint density at radius 3 is 2.21 bits per heavy atom. The van der Waals surface area contributed by atoms with Gasteiger partial charge in [-0.3, -0.25) is 9.59 Å². The van der Waals surface area contributed by atoms with Crippen molar-refractivity contribution in [3.63, 3.8) is 0 Å². The van der Waals surface area contributed by atoms with E-state index >= 15 is 0 Å². The minimum atomic E-state index is -3.56. The summed E-state index contributed by atoms with van der Waals surface area (Å²) in [6.07, 6.45) is 0. The van der Waals surface area contributed by atoms with Crippen LogP contribution in [0.3, 0.4) is 0 Å². The molecule has 9 heteroatoms. The Bertz CT molecular complexity index is 966. The molecule has 1 aliphatic rings. The van der Waals surface area contributed by atoms with Gasteiger partial charge < -0.3 is 15.4 Å². The molecule has 8 nitrogen and oxygen atoms in total. The lowest BCUT2D eigenvalue weighted by molar-refractivity contribution is -0.136. The smallest absolute Gasteiger partial charge is 0.313 e. The summed E-state index contributed by atoms with van der Waals surface area (Å²) in [7, 11) is -3.56. The van der Waals surface area contributed by atoms with Crippen molar-refractivity contribution in [1.82, 2.24) is 9.62 Å². The number of sulfonamides is 1. The zero-order chi connectivity index (χ0) is 20.9. The number of nitrogens with zero attached hydrogens (tertiary/aromatic N) is 1. The second-order valence-electron chi connectivity index (χ2n) is 6.66. The van der Waals surface area contributed by atoms with Gasteiger partial charge >= 0.3 is 11.8 Å². The fourth-order valence-corrected chi connectivity index (χ4v) is 4.21. The van der Waals surface area contributed by atoms with E-state index in [0.717, 1.165) is 5.56 Å². The van der Waals surface area contributed by atoms with Crippen molar-refractivity contribution in [2.45, 2.75) is 18.4 Å². The topological polar surface area (TPSA) is 105 Å². The summed E-state index contributed by atoms with van der Waals surface area (Å²) >= 11 is 0. The predicted octanol–water partition coefficient (Wildman–Crippen LogP) is 1.27. The molecule has 29 heavy (non-hydrogen) atoms. The molecule has 1 heterocycles. The average molecular weight is 417 g/mol. The summed E-state index contributed by atoms with van der Waals surface area (Å²) in [6, 6.07) is 13.3. The van der Waals surface area contributed by atoms with Crippen molar-refractivity contribution >= 4 is 27.5 Å². The van der Waals surface area contributed by atoms with Crippen LogP contribution >= 0.6 is 0 Å². The van der Waals surface area contributed by atoms with Crippen LogP contribution in [0.15, 0.2) is 53.4 Å². The van der Waals surface area contributed by atoms with Gasteiger partial charge in [-0.25, -0.2) is 8.42 Å². The first kappa shape index (κ1) is 21.0. The lowest BCUT2D eigenvalue weighted by Crippen LogP contribution is -2.40. The van der Waals surface area contributed by atoms with Crippen LogP contribution in [-0.2, 0) is 30.9 Å². The third kappa shape index (κ3) is 5.41. The number of anilines is 1. The van der Waals surface area contributed by atoms with Gasteiger partial charge in [-0.05, 0) is 36.8 Å². The monoisotopic (exact) mass is 417 g/mol. The zero-order valence-electron chi connectivity index (χ0n) is 16.1. The first-order valence-corrected chi connectivity index (χ1v) is 10.6. The summed E-state index contributed by atoms with van der Waals surface area (Å²) < 4.78 is 31.8. The first-order valence-electron chi connectivity index (χ1n) is 9.19. The predicted molar refractivity (Wildman–Crippen MR) is 108 cm³/mol. The molecule has 1 fully saturated rings. The molecular formula is C20H23N3O5S. The van der Waals surface area contributed by atoms with E-state index in [4.69, 9.17) is 4.74 Å². The van der Waals surface area contributed by atoms with Gasteiger partial charge in [-0.2, -0.15) is 4.31 Å². The Labute approximate surface area is 169 Å². The van der Waals surface area contributed by atoms with E-state index in [0.29, 0.717) is 37.6 Å². The molecule has 0 aromatic heterocycles. The zero-order valence-corrected chi connectivity index (χ0v) is 16.9. The number of carbonyl (C=O) groups is 2. The highest BCUT2D eigenvalue weighted by molar-refractivity contribution is 7.89. The van der Waals surface area contributed by atoms with Gasteiger partial charge in [0.05, 0.1) is 18.1 Å². The Morgan fingerprint density at radius 1 is 0.966 bits per heavy atom. The number of nitrogens with one attached hydrogen (secondary N) is 2. The SMILES string of the molecule is Cc1ccc(NC(=O)C(=O)NCc2ccc(S(=O)(=O)N3CCOCC3)cc2)cc1. The summed E-state index contributed by atoms with van der Waals surface area (Å²) in [5.41, 5.74) is 2.27. The van der Waals surface area contributed by atoms with Gasteiger partial charge in [0.1, 0.15) is 0 Å². The lowest BCUT2D eigenvalue weighted by atomic mass is 10.2. The minimum absolute atomic E-state index is 0.109. The maximum absolute atomic E-state index is 12.6. The summed E-state index contributed by atoms with van der Waals surface area (Å²) in [6.45, 7) is 3.46. The van der Waals surface area contributed by atoms with Gasteiger partial charge in [-0.1, -0.05) is 29.8 Å². The molecule has 2 N–H and O–H groups in total. The van der Waals surface area contributed by atoms with Crippen molar-refractivity contribution in [1.29, 1.82) is 0 Å². The molecule has 0 bridgehead atoms. The van der Waals surface area contributed by atoms with Crippen LogP contribution in [0.2, 0.25) is 0 Å². The quantitative estimate of drug-likeness (QED) is 0.713. The molecular weight excluding hydrogens is 394 g/mol. The number of carbonyl (C=O) groups excluding carboxylic acids is 2. The number of morpholine rings is 1. The molecule has 154 valence electrons. The van der Waals surface area contributed by atoms with Gasteiger partial charge in [0.25, 0.3) is 0 Å². The number of amides is 2. The standard InChI is InChI=1S/C20H23N3O5S/c1-15-2-6-17(7-3-15)22-20(25)19(24)21-14-16-4-8-18(9-5-16)29(26,27)23-10-12-28-13-11-23/h2-9H,10-14H2,1H3,(H,21,24)(H,22,25). The number of ether oxygens (including phenoxy) is 1. The van der Waals surface area contributed by atoms with E-state index in [9.17, 15) is 18.0 Å². The minimum Gasteiger partial charge on any atom is -0.379 e. The number of rotatable bonds is 5. The van der Waals surface area contributed by atoms with Crippen LogP contribution in [-0.4, -0.2) is 50.8 Å². The van der Waals surface area contributed by atoms with E-state index in [1.165, 1.54) is 16.4 Å². The third-order valence-electron chi connectivity index (χ3n) is 4.50. The molecule has 2 aromatic carbocycles. The Hall–Kier alpha value is -2.75. The van der Waals surface area contributed by atoms with E-state index in [1.807, 2.05) is 19.1 Å². The van der Waals surface area contributed by atoms with Crippen LogP contribution < -0.4 is 10.6 Å². The summed E-state index contributed by atoms with van der Waals surface area (Å²) in [5, 5.41) is 5.05. The first-order chi connectivity index (χ1) is 13.9. The van der Waals surface area contributed by atoms with Crippen molar-refractivity contribution in [3.05, 3.63) is 59.7 Å². The molecule has 1 aliphatic heterocycles. The number of benzene rings is 2. The molecule has 0 saturated carbocycles. The van der Waals surface area contributed by atoms with Crippen molar-refractivity contribution in [2.24, 2.45) is 0 Å². The van der Waals surface area contributed by atoms with E-state index < -0.39 is 21.8 Å². The number of aryl methyl sites for hydroxylation is 1. The summed E-state index contributed by atoms with van der Waals surface area (Å²) in [5.74, 6) is -1.53. The van der Waals surface area contributed by atoms with Crippen LogP contribution in [0.1, 0.15) is 11.1 Å². The molecule has 0 atom stereocenters. The Kier molecular flexibility index (Phi) is 6.63.